The third kappa shape index (κ3) is 2.90. The molecular weight excluding hydrogens is 264 g/mol. The van der Waals surface area contributed by atoms with Crippen molar-refractivity contribution in [2.75, 3.05) is 11.9 Å². The predicted octanol–water partition coefficient (Wildman–Crippen LogP) is 2.60. The molecule has 1 heterocycles. The molecule has 4 nitrogen and oxygen atoms in total. The SMILES string of the molecule is Cc1cc(NC(=O)c2ccc3c(c2)CNCC3)ccc1O. The summed E-state index contributed by atoms with van der Waals surface area (Å²) in [6, 6.07) is 10.9. The third-order valence-corrected chi connectivity index (χ3v) is 3.81. The Morgan fingerprint density at radius 3 is 2.86 bits per heavy atom. The Kier molecular flexibility index (Phi) is 3.62. The van der Waals surface area contributed by atoms with Gasteiger partial charge < -0.3 is 15.7 Å². The quantitative estimate of drug-likeness (QED) is 0.742. The van der Waals surface area contributed by atoms with E-state index in [9.17, 15) is 9.90 Å². The Bertz CT molecular complexity index is 695. The minimum absolute atomic E-state index is 0.131. The molecule has 0 unspecified atom stereocenters. The van der Waals surface area contributed by atoms with E-state index in [1.807, 2.05) is 18.2 Å². The first-order chi connectivity index (χ1) is 10.1. The van der Waals surface area contributed by atoms with Crippen molar-refractivity contribution in [3.8, 4) is 5.75 Å². The van der Waals surface area contributed by atoms with Crippen LogP contribution in [0.3, 0.4) is 0 Å². The van der Waals surface area contributed by atoms with Crippen molar-refractivity contribution >= 4 is 11.6 Å². The Labute approximate surface area is 123 Å². The molecule has 0 bridgehead atoms. The minimum atomic E-state index is -0.131. The fourth-order valence-electron chi connectivity index (χ4n) is 2.56. The lowest BCUT2D eigenvalue weighted by atomic mass is 9.98. The number of carbonyl (C=O) groups is 1. The topological polar surface area (TPSA) is 61.4 Å². The second kappa shape index (κ2) is 5.58. The van der Waals surface area contributed by atoms with Gasteiger partial charge in [0.1, 0.15) is 5.75 Å². The van der Waals surface area contributed by atoms with E-state index in [1.165, 1.54) is 11.1 Å². The summed E-state index contributed by atoms with van der Waals surface area (Å²) in [5, 5.41) is 15.7. The molecule has 1 aliphatic rings. The number of carbonyl (C=O) groups excluding carboxylic acids is 1. The lowest BCUT2D eigenvalue weighted by Gasteiger charge is -2.17. The van der Waals surface area contributed by atoms with Gasteiger partial charge in [0, 0.05) is 17.8 Å². The van der Waals surface area contributed by atoms with Crippen LogP contribution in [0.25, 0.3) is 0 Å². The number of aromatic hydroxyl groups is 1. The third-order valence-electron chi connectivity index (χ3n) is 3.81. The van der Waals surface area contributed by atoms with Gasteiger partial charge in [0.15, 0.2) is 0 Å². The van der Waals surface area contributed by atoms with E-state index in [4.69, 9.17) is 0 Å². The monoisotopic (exact) mass is 282 g/mol. The van der Waals surface area contributed by atoms with Crippen molar-refractivity contribution in [1.29, 1.82) is 0 Å². The van der Waals surface area contributed by atoms with Gasteiger partial charge in [-0.2, -0.15) is 0 Å². The fraction of sp³-hybridized carbons (Fsp3) is 0.235. The van der Waals surface area contributed by atoms with Crippen LogP contribution >= 0.6 is 0 Å². The number of hydrogen-bond acceptors (Lipinski definition) is 3. The van der Waals surface area contributed by atoms with E-state index >= 15 is 0 Å². The van der Waals surface area contributed by atoms with Gasteiger partial charge in [0.2, 0.25) is 0 Å². The molecule has 3 rings (SSSR count). The van der Waals surface area contributed by atoms with E-state index in [1.54, 1.807) is 25.1 Å². The molecule has 3 N–H and O–H groups in total. The maximum atomic E-state index is 12.3. The van der Waals surface area contributed by atoms with Gasteiger partial charge in [-0.15, -0.1) is 0 Å². The van der Waals surface area contributed by atoms with Gasteiger partial charge in [-0.25, -0.2) is 0 Å². The normalized spacial score (nSPS) is 13.6. The minimum Gasteiger partial charge on any atom is -0.508 e. The van der Waals surface area contributed by atoms with E-state index in [0.717, 1.165) is 25.1 Å². The molecule has 0 spiro atoms. The number of aryl methyl sites for hydroxylation is 1. The first-order valence-electron chi connectivity index (χ1n) is 7.07. The summed E-state index contributed by atoms with van der Waals surface area (Å²) in [5.74, 6) is 0.0984. The summed E-state index contributed by atoms with van der Waals surface area (Å²) in [6.07, 6.45) is 1.01. The molecule has 2 aromatic carbocycles. The van der Waals surface area contributed by atoms with Crippen molar-refractivity contribution in [2.24, 2.45) is 0 Å². The highest BCUT2D eigenvalue weighted by molar-refractivity contribution is 6.04. The lowest BCUT2D eigenvalue weighted by Crippen LogP contribution is -2.24. The zero-order valence-corrected chi connectivity index (χ0v) is 11.9. The number of benzene rings is 2. The van der Waals surface area contributed by atoms with Gasteiger partial charge in [-0.3, -0.25) is 4.79 Å². The van der Waals surface area contributed by atoms with Gasteiger partial charge in [0.05, 0.1) is 0 Å². The molecule has 108 valence electrons. The van der Waals surface area contributed by atoms with E-state index in [0.29, 0.717) is 11.3 Å². The summed E-state index contributed by atoms with van der Waals surface area (Å²) < 4.78 is 0. The number of rotatable bonds is 2. The number of phenolic OH excluding ortho intramolecular Hbond substituents is 1. The highest BCUT2D eigenvalue weighted by atomic mass is 16.3. The Balaban J connectivity index is 1.80. The molecule has 2 aromatic rings. The number of anilines is 1. The Hall–Kier alpha value is -2.33. The van der Waals surface area contributed by atoms with Crippen LogP contribution in [-0.4, -0.2) is 17.6 Å². The number of phenols is 1. The van der Waals surface area contributed by atoms with Gasteiger partial charge >= 0.3 is 0 Å². The lowest BCUT2D eigenvalue weighted by molar-refractivity contribution is 0.102. The van der Waals surface area contributed by atoms with E-state index in [-0.39, 0.29) is 11.7 Å². The molecule has 0 fully saturated rings. The van der Waals surface area contributed by atoms with Gasteiger partial charge in [-0.1, -0.05) is 6.07 Å². The maximum absolute atomic E-state index is 12.3. The van der Waals surface area contributed by atoms with Crippen LogP contribution in [0, 0.1) is 6.92 Å². The molecule has 4 heteroatoms. The average molecular weight is 282 g/mol. The van der Waals surface area contributed by atoms with E-state index in [2.05, 4.69) is 10.6 Å². The smallest absolute Gasteiger partial charge is 0.255 e. The second-order valence-electron chi connectivity index (χ2n) is 5.37. The van der Waals surface area contributed by atoms with Gasteiger partial charge in [-0.05, 0) is 66.9 Å². The number of fused-ring (bicyclic) bond motifs is 1. The van der Waals surface area contributed by atoms with Crippen molar-refractivity contribution in [1.82, 2.24) is 5.32 Å². The average Bonchev–Trinajstić information content (AvgIpc) is 2.50. The standard InChI is InChI=1S/C17H18N2O2/c1-11-8-15(4-5-16(11)20)19-17(21)13-3-2-12-6-7-18-10-14(12)9-13/h2-5,8-9,18,20H,6-7,10H2,1H3,(H,19,21). The number of amides is 1. The highest BCUT2D eigenvalue weighted by Crippen LogP contribution is 2.21. The molecule has 1 aliphatic heterocycles. The summed E-state index contributed by atoms with van der Waals surface area (Å²) in [6.45, 7) is 3.61. The van der Waals surface area contributed by atoms with Crippen LogP contribution in [0.2, 0.25) is 0 Å². The largest absolute Gasteiger partial charge is 0.508 e. The van der Waals surface area contributed by atoms with Crippen LogP contribution in [0.1, 0.15) is 27.0 Å². The summed E-state index contributed by atoms with van der Waals surface area (Å²) in [5.41, 5.74) is 4.58. The molecule has 0 aromatic heterocycles. The Morgan fingerprint density at radius 2 is 2.05 bits per heavy atom. The van der Waals surface area contributed by atoms with Crippen molar-refractivity contribution in [3.63, 3.8) is 0 Å². The van der Waals surface area contributed by atoms with Crippen molar-refractivity contribution in [2.45, 2.75) is 19.9 Å². The molecule has 0 saturated heterocycles. The van der Waals surface area contributed by atoms with Gasteiger partial charge in [0.25, 0.3) is 5.91 Å². The van der Waals surface area contributed by atoms with E-state index < -0.39 is 0 Å². The predicted molar refractivity (Wildman–Crippen MR) is 82.6 cm³/mol. The summed E-state index contributed by atoms with van der Waals surface area (Å²) in [7, 11) is 0. The molecule has 21 heavy (non-hydrogen) atoms. The molecule has 0 radical (unpaired) electrons. The molecule has 0 atom stereocenters. The zero-order valence-electron chi connectivity index (χ0n) is 11.9. The van der Waals surface area contributed by atoms with Crippen LogP contribution < -0.4 is 10.6 Å². The first-order valence-corrected chi connectivity index (χ1v) is 7.07. The fourth-order valence-corrected chi connectivity index (χ4v) is 2.56. The molecule has 0 aliphatic carbocycles. The van der Waals surface area contributed by atoms with Crippen molar-refractivity contribution < 1.29 is 9.90 Å². The van der Waals surface area contributed by atoms with Crippen molar-refractivity contribution in [3.05, 3.63) is 58.7 Å². The van der Waals surface area contributed by atoms with Crippen LogP contribution in [0.4, 0.5) is 5.69 Å². The van der Waals surface area contributed by atoms with Crippen LogP contribution in [-0.2, 0) is 13.0 Å². The Morgan fingerprint density at radius 1 is 1.19 bits per heavy atom. The van der Waals surface area contributed by atoms with Crippen LogP contribution in [0.15, 0.2) is 36.4 Å². The zero-order chi connectivity index (χ0) is 14.8. The highest BCUT2D eigenvalue weighted by Gasteiger charge is 2.13. The maximum Gasteiger partial charge on any atom is 0.255 e. The second-order valence-corrected chi connectivity index (χ2v) is 5.37. The summed E-state index contributed by atoms with van der Waals surface area (Å²) in [4.78, 5) is 12.3. The summed E-state index contributed by atoms with van der Waals surface area (Å²) >= 11 is 0. The number of hydrogen-bond donors (Lipinski definition) is 3. The number of nitrogens with one attached hydrogen (secondary N) is 2. The molecule has 1 amide bonds. The molecule has 0 saturated carbocycles. The van der Waals surface area contributed by atoms with Crippen LogP contribution in [0.5, 0.6) is 5.75 Å². The first kappa shape index (κ1) is 13.6. The molecular formula is C17H18N2O2.